The summed E-state index contributed by atoms with van der Waals surface area (Å²) in [5.41, 5.74) is 3.34. The SMILES string of the molecule is Cc1nn(Cc2cccc(F)c2)c(C)c1NC(=O)c1noc(C)c1COc1ccccc1Cl. The molecule has 1 N–H and O–H groups in total. The molecule has 0 spiro atoms. The zero-order chi connectivity index (χ0) is 23.5. The molecule has 0 bridgehead atoms. The summed E-state index contributed by atoms with van der Waals surface area (Å²) in [6.07, 6.45) is 0. The first-order valence-corrected chi connectivity index (χ1v) is 10.6. The van der Waals surface area contributed by atoms with Gasteiger partial charge in [-0.15, -0.1) is 0 Å². The highest BCUT2D eigenvalue weighted by atomic mass is 35.5. The Morgan fingerprint density at radius 3 is 2.73 bits per heavy atom. The molecule has 0 aliphatic carbocycles. The van der Waals surface area contributed by atoms with Crippen molar-refractivity contribution in [3.63, 3.8) is 0 Å². The number of aryl methyl sites for hydroxylation is 2. The Balaban J connectivity index is 1.52. The van der Waals surface area contributed by atoms with Gasteiger partial charge in [-0.2, -0.15) is 5.10 Å². The molecule has 1 amide bonds. The number of ether oxygens (including phenoxy) is 1. The molecule has 4 aromatic rings. The number of aromatic nitrogens is 3. The van der Waals surface area contributed by atoms with Crippen molar-refractivity contribution < 1.29 is 18.4 Å². The molecule has 0 saturated heterocycles. The van der Waals surface area contributed by atoms with E-state index in [0.717, 1.165) is 11.3 Å². The second kappa shape index (κ2) is 9.46. The predicted octanol–water partition coefficient (Wildman–Crippen LogP) is 5.47. The topological polar surface area (TPSA) is 82.2 Å². The van der Waals surface area contributed by atoms with Crippen molar-refractivity contribution in [2.45, 2.75) is 33.9 Å². The Bertz CT molecular complexity index is 1320. The van der Waals surface area contributed by atoms with E-state index in [4.69, 9.17) is 20.9 Å². The molecule has 0 atom stereocenters. The monoisotopic (exact) mass is 468 g/mol. The number of para-hydroxylation sites is 1. The van der Waals surface area contributed by atoms with Crippen LogP contribution >= 0.6 is 11.6 Å². The maximum absolute atomic E-state index is 13.5. The van der Waals surface area contributed by atoms with E-state index in [0.29, 0.717) is 40.0 Å². The van der Waals surface area contributed by atoms with Gasteiger partial charge in [-0.1, -0.05) is 41.0 Å². The molecule has 33 heavy (non-hydrogen) atoms. The lowest BCUT2D eigenvalue weighted by molar-refractivity contribution is 0.101. The van der Waals surface area contributed by atoms with Crippen LogP contribution in [0.2, 0.25) is 5.02 Å². The van der Waals surface area contributed by atoms with E-state index in [-0.39, 0.29) is 18.1 Å². The summed E-state index contributed by atoms with van der Waals surface area (Å²) in [5, 5.41) is 11.8. The number of nitrogens with one attached hydrogen (secondary N) is 1. The molecule has 0 unspecified atom stereocenters. The molecular weight excluding hydrogens is 447 g/mol. The molecule has 2 aromatic carbocycles. The van der Waals surface area contributed by atoms with Crippen LogP contribution in [0, 0.1) is 26.6 Å². The van der Waals surface area contributed by atoms with Crippen molar-refractivity contribution >= 4 is 23.2 Å². The Morgan fingerprint density at radius 1 is 1.18 bits per heavy atom. The quantitative estimate of drug-likeness (QED) is 0.389. The molecule has 9 heteroatoms. The predicted molar refractivity (Wildman–Crippen MR) is 122 cm³/mol. The first-order chi connectivity index (χ1) is 15.8. The highest BCUT2D eigenvalue weighted by Gasteiger charge is 2.23. The van der Waals surface area contributed by atoms with E-state index in [1.165, 1.54) is 12.1 Å². The molecule has 0 aliphatic heterocycles. The maximum Gasteiger partial charge on any atom is 0.278 e. The molecule has 2 heterocycles. The average molecular weight is 469 g/mol. The number of halogens is 2. The van der Waals surface area contributed by atoms with Crippen molar-refractivity contribution in [2.75, 3.05) is 5.32 Å². The average Bonchev–Trinajstić information content (AvgIpc) is 3.27. The molecule has 0 saturated carbocycles. The number of hydrogen-bond acceptors (Lipinski definition) is 5. The molecule has 2 aromatic heterocycles. The van der Waals surface area contributed by atoms with Crippen molar-refractivity contribution in [1.29, 1.82) is 0 Å². The van der Waals surface area contributed by atoms with Gasteiger partial charge in [0.15, 0.2) is 5.69 Å². The third-order valence-electron chi connectivity index (χ3n) is 5.25. The number of hydrogen-bond donors (Lipinski definition) is 1. The normalized spacial score (nSPS) is 10.9. The van der Waals surface area contributed by atoms with Gasteiger partial charge in [-0.05, 0) is 50.6 Å². The molecule has 0 fully saturated rings. The summed E-state index contributed by atoms with van der Waals surface area (Å²) in [4.78, 5) is 13.0. The first-order valence-electron chi connectivity index (χ1n) is 10.3. The van der Waals surface area contributed by atoms with Gasteiger partial charge in [0.1, 0.15) is 23.9 Å². The number of rotatable bonds is 7. The van der Waals surface area contributed by atoms with Crippen LogP contribution in [0.5, 0.6) is 5.75 Å². The second-order valence-corrected chi connectivity index (χ2v) is 7.98. The number of benzene rings is 2. The van der Waals surface area contributed by atoms with Crippen molar-refractivity contribution in [2.24, 2.45) is 0 Å². The van der Waals surface area contributed by atoms with Crippen LogP contribution in [0.15, 0.2) is 53.1 Å². The van der Waals surface area contributed by atoms with Crippen LogP contribution in [0.4, 0.5) is 10.1 Å². The summed E-state index contributed by atoms with van der Waals surface area (Å²) in [5.74, 6) is 0.218. The minimum absolute atomic E-state index is 0.0681. The van der Waals surface area contributed by atoms with Gasteiger partial charge >= 0.3 is 0 Å². The van der Waals surface area contributed by atoms with E-state index in [2.05, 4.69) is 15.6 Å². The van der Waals surface area contributed by atoms with Gasteiger partial charge < -0.3 is 14.6 Å². The smallest absolute Gasteiger partial charge is 0.278 e. The lowest BCUT2D eigenvalue weighted by atomic mass is 10.2. The summed E-state index contributed by atoms with van der Waals surface area (Å²) >= 11 is 6.14. The summed E-state index contributed by atoms with van der Waals surface area (Å²) in [6, 6.07) is 13.4. The minimum Gasteiger partial charge on any atom is -0.487 e. The molecule has 4 rings (SSSR count). The van der Waals surface area contributed by atoms with Gasteiger partial charge in [0.25, 0.3) is 5.91 Å². The van der Waals surface area contributed by atoms with Crippen LogP contribution in [-0.4, -0.2) is 20.8 Å². The maximum atomic E-state index is 13.5. The number of carbonyl (C=O) groups is 1. The van der Waals surface area contributed by atoms with Crippen LogP contribution in [-0.2, 0) is 13.2 Å². The molecule has 0 radical (unpaired) electrons. The largest absolute Gasteiger partial charge is 0.487 e. The van der Waals surface area contributed by atoms with Crippen molar-refractivity contribution in [1.82, 2.24) is 14.9 Å². The number of carbonyl (C=O) groups excluding carboxylic acids is 1. The van der Waals surface area contributed by atoms with Crippen LogP contribution in [0.3, 0.4) is 0 Å². The van der Waals surface area contributed by atoms with Crippen LogP contribution < -0.4 is 10.1 Å². The van der Waals surface area contributed by atoms with Crippen LogP contribution in [0.1, 0.15) is 38.8 Å². The fourth-order valence-corrected chi connectivity index (χ4v) is 3.65. The number of amides is 1. The first kappa shape index (κ1) is 22.5. The lowest BCUT2D eigenvalue weighted by Gasteiger charge is -2.09. The zero-order valence-electron chi connectivity index (χ0n) is 18.4. The Kier molecular flexibility index (Phi) is 6.46. The van der Waals surface area contributed by atoms with Gasteiger partial charge in [0.05, 0.1) is 34.2 Å². The van der Waals surface area contributed by atoms with Crippen molar-refractivity contribution in [3.05, 3.63) is 93.3 Å². The van der Waals surface area contributed by atoms with E-state index < -0.39 is 5.91 Å². The standard InChI is InChI=1S/C24H22ClFN4O3/c1-14-22(15(2)30(28-14)12-17-7-6-8-18(26)11-17)27-24(31)23-19(16(3)33-29-23)13-32-21-10-5-4-9-20(21)25/h4-11H,12-13H2,1-3H3,(H,27,31). The van der Waals surface area contributed by atoms with Gasteiger partial charge in [0.2, 0.25) is 0 Å². The second-order valence-electron chi connectivity index (χ2n) is 7.57. The summed E-state index contributed by atoms with van der Waals surface area (Å²) in [7, 11) is 0. The van der Waals surface area contributed by atoms with E-state index in [9.17, 15) is 9.18 Å². The molecule has 0 aliphatic rings. The van der Waals surface area contributed by atoms with Crippen molar-refractivity contribution in [3.8, 4) is 5.75 Å². The summed E-state index contributed by atoms with van der Waals surface area (Å²) in [6.45, 7) is 5.78. The van der Waals surface area contributed by atoms with E-state index >= 15 is 0 Å². The van der Waals surface area contributed by atoms with E-state index in [1.54, 1.807) is 42.8 Å². The van der Waals surface area contributed by atoms with Gasteiger partial charge in [-0.3, -0.25) is 9.48 Å². The molecule has 170 valence electrons. The van der Waals surface area contributed by atoms with Gasteiger partial charge in [0, 0.05) is 0 Å². The minimum atomic E-state index is -0.443. The molecular formula is C24H22ClFN4O3. The third-order valence-corrected chi connectivity index (χ3v) is 5.56. The number of nitrogens with zero attached hydrogens (tertiary/aromatic N) is 3. The van der Waals surface area contributed by atoms with Gasteiger partial charge in [-0.25, -0.2) is 4.39 Å². The number of anilines is 1. The summed E-state index contributed by atoms with van der Waals surface area (Å²) < 4.78 is 26.3. The van der Waals surface area contributed by atoms with Crippen LogP contribution in [0.25, 0.3) is 0 Å². The Hall–Kier alpha value is -3.65. The highest BCUT2D eigenvalue weighted by Crippen LogP contribution is 2.26. The Labute approximate surface area is 195 Å². The lowest BCUT2D eigenvalue weighted by Crippen LogP contribution is -2.16. The fraction of sp³-hybridized carbons (Fsp3) is 0.208. The fourth-order valence-electron chi connectivity index (χ4n) is 3.46. The Morgan fingerprint density at radius 2 is 1.97 bits per heavy atom. The molecule has 7 nitrogen and oxygen atoms in total. The zero-order valence-corrected chi connectivity index (χ0v) is 19.1. The third kappa shape index (κ3) is 4.90. The highest BCUT2D eigenvalue weighted by molar-refractivity contribution is 6.32. The van der Waals surface area contributed by atoms with E-state index in [1.807, 2.05) is 19.1 Å².